The molecular formula is C21H12ClFN4O3S. The Morgan fingerprint density at radius 3 is 2.81 bits per heavy atom. The fraction of sp³-hybridized carbons (Fsp3) is 0.0476. The largest absolute Gasteiger partial charge is 0.494 e. The van der Waals surface area contributed by atoms with E-state index in [2.05, 4.69) is 15.2 Å². The van der Waals surface area contributed by atoms with Crippen molar-refractivity contribution in [2.75, 3.05) is 7.11 Å². The maximum Gasteiger partial charge on any atom is 0.333 e. The normalized spacial score (nSPS) is 11.3. The number of H-pyrrole nitrogens is 1. The van der Waals surface area contributed by atoms with Gasteiger partial charge in [0, 0.05) is 15.8 Å². The highest BCUT2D eigenvalue weighted by molar-refractivity contribution is 7.22. The Balaban J connectivity index is 1.77. The number of fused-ring (bicyclic) bond motifs is 2. The number of aromatic nitrogens is 4. The molecular weight excluding hydrogens is 443 g/mol. The minimum absolute atomic E-state index is 0.0251. The molecule has 5 aromatic rings. The summed E-state index contributed by atoms with van der Waals surface area (Å²) in [6, 6.07) is 11.3. The number of aromatic amines is 1. The van der Waals surface area contributed by atoms with Crippen LogP contribution >= 0.6 is 22.9 Å². The minimum Gasteiger partial charge on any atom is -0.494 e. The minimum atomic E-state index is -0.609. The number of thiophene rings is 1. The zero-order valence-corrected chi connectivity index (χ0v) is 17.4. The molecule has 2 aromatic carbocycles. The van der Waals surface area contributed by atoms with Crippen LogP contribution in [0.1, 0.15) is 0 Å². The van der Waals surface area contributed by atoms with Gasteiger partial charge in [-0.1, -0.05) is 29.8 Å². The Labute approximate surface area is 182 Å². The molecule has 0 aliphatic heterocycles. The van der Waals surface area contributed by atoms with Gasteiger partial charge in [-0.25, -0.2) is 13.8 Å². The van der Waals surface area contributed by atoms with Crippen molar-refractivity contribution in [3.63, 3.8) is 0 Å². The molecule has 3 heterocycles. The van der Waals surface area contributed by atoms with Crippen LogP contribution in [-0.4, -0.2) is 26.9 Å². The van der Waals surface area contributed by atoms with E-state index in [4.69, 9.17) is 16.3 Å². The summed E-state index contributed by atoms with van der Waals surface area (Å²) in [5.41, 5.74) is 0.626. The lowest BCUT2D eigenvalue weighted by molar-refractivity contribution is 0.387. The first kappa shape index (κ1) is 19.4. The van der Waals surface area contributed by atoms with E-state index in [0.717, 1.165) is 22.0 Å². The van der Waals surface area contributed by atoms with E-state index in [1.54, 1.807) is 30.3 Å². The summed E-state index contributed by atoms with van der Waals surface area (Å²) in [4.78, 5) is 29.4. The Hall–Kier alpha value is -3.56. The van der Waals surface area contributed by atoms with Gasteiger partial charge in [-0.2, -0.15) is 10.2 Å². The van der Waals surface area contributed by atoms with Crippen molar-refractivity contribution in [2.24, 2.45) is 0 Å². The second-order valence-electron chi connectivity index (χ2n) is 6.64. The van der Waals surface area contributed by atoms with Gasteiger partial charge in [-0.05, 0) is 24.3 Å². The molecule has 0 saturated heterocycles. The summed E-state index contributed by atoms with van der Waals surface area (Å²) in [6.45, 7) is 0. The smallest absolute Gasteiger partial charge is 0.333 e. The van der Waals surface area contributed by atoms with Crippen LogP contribution in [0.3, 0.4) is 0 Å². The first-order valence-electron chi connectivity index (χ1n) is 9.01. The third kappa shape index (κ3) is 3.09. The van der Waals surface area contributed by atoms with E-state index in [1.165, 1.54) is 19.4 Å². The summed E-state index contributed by atoms with van der Waals surface area (Å²) < 4.78 is 20.3. The average Bonchev–Trinajstić information content (AvgIpc) is 3.18. The number of benzene rings is 2. The first-order chi connectivity index (χ1) is 15.0. The third-order valence-corrected chi connectivity index (χ3v) is 6.32. The number of nitrogens with one attached hydrogen (secondary N) is 1. The number of hydrogen-bond acceptors (Lipinski definition) is 6. The van der Waals surface area contributed by atoms with Crippen molar-refractivity contribution in [1.82, 2.24) is 19.7 Å². The van der Waals surface area contributed by atoms with Gasteiger partial charge in [0.15, 0.2) is 11.6 Å². The van der Waals surface area contributed by atoms with Gasteiger partial charge in [-0.15, -0.1) is 11.3 Å². The molecule has 0 bridgehead atoms. The molecule has 0 spiro atoms. The van der Waals surface area contributed by atoms with E-state index in [0.29, 0.717) is 37.2 Å². The topological polar surface area (TPSA) is 89.9 Å². The summed E-state index contributed by atoms with van der Waals surface area (Å²) in [5.74, 6) is -0.567. The van der Waals surface area contributed by atoms with E-state index in [9.17, 15) is 14.0 Å². The first-order valence-corrected chi connectivity index (χ1v) is 10.2. The summed E-state index contributed by atoms with van der Waals surface area (Å²) in [6.07, 6.45) is 1.38. The Morgan fingerprint density at radius 1 is 1.19 bits per heavy atom. The zero-order valence-electron chi connectivity index (χ0n) is 15.8. The lowest BCUT2D eigenvalue weighted by Crippen LogP contribution is -2.33. The maximum atomic E-state index is 13.9. The van der Waals surface area contributed by atoms with Gasteiger partial charge in [0.2, 0.25) is 0 Å². The van der Waals surface area contributed by atoms with Crippen LogP contribution in [0.15, 0.2) is 58.3 Å². The van der Waals surface area contributed by atoms with Crippen LogP contribution in [0, 0.1) is 5.82 Å². The quantitative estimate of drug-likeness (QED) is 0.442. The molecule has 0 unspecified atom stereocenters. The molecule has 1 N–H and O–H groups in total. The molecule has 0 amide bonds. The van der Waals surface area contributed by atoms with Gasteiger partial charge in [-0.3, -0.25) is 4.79 Å². The van der Waals surface area contributed by atoms with Crippen molar-refractivity contribution >= 4 is 44.1 Å². The fourth-order valence-corrected chi connectivity index (χ4v) is 4.79. The molecule has 7 nitrogen and oxygen atoms in total. The summed E-state index contributed by atoms with van der Waals surface area (Å²) in [5, 5.41) is 8.73. The lowest BCUT2D eigenvalue weighted by Gasteiger charge is -2.07. The van der Waals surface area contributed by atoms with E-state index < -0.39 is 17.1 Å². The zero-order chi connectivity index (χ0) is 21.7. The third-order valence-electron chi connectivity index (χ3n) is 4.85. The number of ether oxygens (including phenoxy) is 1. The van der Waals surface area contributed by atoms with Crippen molar-refractivity contribution in [2.45, 2.75) is 0 Å². The van der Waals surface area contributed by atoms with Crippen LogP contribution in [0.2, 0.25) is 5.02 Å². The molecule has 0 fully saturated rings. The standard InChI is InChI=1S/C21H12ClFN4O3S/c1-30-17-6-11(12(22)7-13(17)23)18-8-15-19(31-18)20(28)27(21(29)25-15)16-9-24-26-14-5-3-2-4-10(14)16/h2-9H,1H3,(H,25,29). The van der Waals surface area contributed by atoms with Gasteiger partial charge in [0.1, 0.15) is 4.70 Å². The Kier molecular flexibility index (Phi) is 4.57. The number of hydrogen-bond donors (Lipinski definition) is 1. The lowest BCUT2D eigenvalue weighted by atomic mass is 10.1. The van der Waals surface area contributed by atoms with Crippen LogP contribution in [0.5, 0.6) is 5.75 Å². The van der Waals surface area contributed by atoms with Crippen molar-refractivity contribution in [1.29, 1.82) is 0 Å². The van der Waals surface area contributed by atoms with Crippen LogP contribution in [-0.2, 0) is 0 Å². The Morgan fingerprint density at radius 2 is 2.00 bits per heavy atom. The fourth-order valence-electron chi connectivity index (χ4n) is 3.40. The second-order valence-corrected chi connectivity index (χ2v) is 8.10. The SMILES string of the molecule is COc1cc(-c2cc3[nH]c(=O)n(-c4cnnc5ccccc45)c(=O)c3s2)c(Cl)cc1F. The molecule has 5 rings (SSSR count). The van der Waals surface area contributed by atoms with Crippen molar-refractivity contribution in [3.8, 4) is 21.9 Å². The summed E-state index contributed by atoms with van der Waals surface area (Å²) >= 11 is 7.36. The van der Waals surface area contributed by atoms with E-state index in [1.807, 2.05) is 0 Å². The molecule has 0 radical (unpaired) electrons. The summed E-state index contributed by atoms with van der Waals surface area (Å²) in [7, 11) is 1.35. The van der Waals surface area contributed by atoms with Crippen LogP contribution < -0.4 is 16.0 Å². The highest BCUT2D eigenvalue weighted by Crippen LogP contribution is 2.38. The number of methoxy groups -OCH3 is 1. The average molecular weight is 455 g/mol. The highest BCUT2D eigenvalue weighted by atomic mass is 35.5. The highest BCUT2D eigenvalue weighted by Gasteiger charge is 2.18. The molecule has 154 valence electrons. The monoisotopic (exact) mass is 454 g/mol. The number of nitrogens with zero attached hydrogens (tertiary/aromatic N) is 3. The molecule has 3 aromatic heterocycles. The van der Waals surface area contributed by atoms with Crippen LogP contribution in [0.25, 0.3) is 37.2 Å². The molecule has 0 aliphatic rings. The predicted molar refractivity (Wildman–Crippen MR) is 118 cm³/mol. The number of halogens is 2. The molecule has 10 heteroatoms. The van der Waals surface area contributed by atoms with Gasteiger partial charge >= 0.3 is 5.69 Å². The molecule has 0 saturated carbocycles. The maximum absolute atomic E-state index is 13.9. The van der Waals surface area contributed by atoms with Gasteiger partial charge in [0.05, 0.1) is 35.1 Å². The molecule has 0 atom stereocenters. The predicted octanol–water partition coefficient (Wildman–Crippen LogP) is 4.15. The van der Waals surface area contributed by atoms with Crippen molar-refractivity contribution < 1.29 is 9.13 Å². The molecule has 31 heavy (non-hydrogen) atoms. The van der Waals surface area contributed by atoms with Gasteiger partial charge in [0.25, 0.3) is 5.56 Å². The number of rotatable bonds is 3. The second kappa shape index (κ2) is 7.29. The van der Waals surface area contributed by atoms with E-state index >= 15 is 0 Å². The van der Waals surface area contributed by atoms with Gasteiger partial charge < -0.3 is 9.72 Å². The molecule has 0 aliphatic carbocycles. The van der Waals surface area contributed by atoms with E-state index in [-0.39, 0.29) is 10.8 Å². The van der Waals surface area contributed by atoms with Crippen LogP contribution in [0.4, 0.5) is 4.39 Å². The van der Waals surface area contributed by atoms with Crippen molar-refractivity contribution in [3.05, 3.63) is 80.3 Å². The Bertz CT molecular complexity index is 1600.